The second-order valence-corrected chi connectivity index (χ2v) is 7.47. The molecule has 0 aliphatic rings. The number of aromatic nitrogens is 2. The highest BCUT2D eigenvalue weighted by Crippen LogP contribution is 2.23. The first-order valence-electron chi connectivity index (χ1n) is 11.0. The van der Waals surface area contributed by atoms with E-state index in [0.717, 1.165) is 4.68 Å². The van der Waals surface area contributed by atoms with Crippen molar-refractivity contribution in [3.63, 3.8) is 0 Å². The smallest absolute Gasteiger partial charge is 0.279 e. The molecule has 0 radical (unpaired) electrons. The Balaban J connectivity index is 1.59. The minimum atomic E-state index is -0.586. The molecular formula is C26H24N4O5. The van der Waals surface area contributed by atoms with Gasteiger partial charge in [0.15, 0.2) is 5.69 Å². The van der Waals surface area contributed by atoms with Crippen LogP contribution in [0.3, 0.4) is 0 Å². The Morgan fingerprint density at radius 2 is 1.63 bits per heavy atom. The summed E-state index contributed by atoms with van der Waals surface area (Å²) in [5.74, 6) is 0.140. The van der Waals surface area contributed by atoms with Crippen LogP contribution in [0.4, 0.5) is 5.69 Å². The van der Waals surface area contributed by atoms with E-state index in [0.29, 0.717) is 40.3 Å². The van der Waals surface area contributed by atoms with Gasteiger partial charge in [0.25, 0.3) is 11.5 Å². The number of amides is 2. The molecule has 0 unspecified atom stereocenters. The van der Waals surface area contributed by atoms with Crippen molar-refractivity contribution < 1.29 is 19.1 Å². The highest BCUT2D eigenvalue weighted by Gasteiger charge is 2.18. The number of anilines is 1. The zero-order chi connectivity index (χ0) is 24.8. The van der Waals surface area contributed by atoms with Crippen LogP contribution in [0.25, 0.3) is 16.5 Å². The van der Waals surface area contributed by atoms with Crippen LogP contribution in [0.15, 0.2) is 77.6 Å². The number of rotatable bonds is 8. The van der Waals surface area contributed by atoms with E-state index in [9.17, 15) is 14.4 Å². The third-order valence-electron chi connectivity index (χ3n) is 5.21. The molecule has 4 aromatic rings. The summed E-state index contributed by atoms with van der Waals surface area (Å²) in [6.07, 6.45) is 0. The lowest BCUT2D eigenvalue weighted by Crippen LogP contribution is -2.35. The number of nitrogens with one attached hydrogen (secondary N) is 2. The third-order valence-corrected chi connectivity index (χ3v) is 5.21. The van der Waals surface area contributed by atoms with Gasteiger partial charge in [-0.2, -0.15) is 9.78 Å². The molecule has 35 heavy (non-hydrogen) atoms. The maximum Gasteiger partial charge on any atom is 0.279 e. The molecular weight excluding hydrogens is 448 g/mol. The maximum atomic E-state index is 13.1. The molecule has 0 aliphatic carbocycles. The van der Waals surface area contributed by atoms with Crippen molar-refractivity contribution in [3.05, 3.63) is 88.8 Å². The Kier molecular flexibility index (Phi) is 7.06. The molecule has 9 heteroatoms. The van der Waals surface area contributed by atoms with Crippen molar-refractivity contribution in [1.29, 1.82) is 0 Å². The molecule has 0 atom stereocenters. The summed E-state index contributed by atoms with van der Waals surface area (Å²) in [5.41, 5.74) is 0.636. The molecule has 1 heterocycles. The van der Waals surface area contributed by atoms with Crippen LogP contribution in [-0.2, 0) is 4.79 Å². The summed E-state index contributed by atoms with van der Waals surface area (Å²) in [6.45, 7) is 2.00. The van der Waals surface area contributed by atoms with Crippen molar-refractivity contribution in [3.8, 4) is 17.2 Å². The van der Waals surface area contributed by atoms with Crippen molar-refractivity contribution in [2.45, 2.75) is 6.92 Å². The molecule has 178 valence electrons. The molecule has 9 nitrogen and oxygen atoms in total. The summed E-state index contributed by atoms with van der Waals surface area (Å²) in [4.78, 5) is 38.6. The maximum absolute atomic E-state index is 13.1. The molecule has 0 bridgehead atoms. The van der Waals surface area contributed by atoms with Gasteiger partial charge in [0.1, 0.15) is 11.5 Å². The number of carbonyl (C=O) groups is 2. The molecule has 0 spiro atoms. The van der Waals surface area contributed by atoms with Crippen molar-refractivity contribution >= 4 is 28.3 Å². The van der Waals surface area contributed by atoms with Crippen LogP contribution in [0, 0.1) is 0 Å². The highest BCUT2D eigenvalue weighted by molar-refractivity contribution is 6.06. The lowest BCUT2D eigenvalue weighted by molar-refractivity contribution is -0.115. The number of ether oxygens (including phenoxy) is 2. The Hall–Kier alpha value is -4.66. The predicted octanol–water partition coefficient (Wildman–Crippen LogP) is 3.16. The Labute approximate surface area is 201 Å². The molecule has 2 N–H and O–H groups in total. The lowest BCUT2D eigenvalue weighted by Gasteiger charge is -2.13. The van der Waals surface area contributed by atoms with Gasteiger partial charge in [-0.15, -0.1) is 0 Å². The van der Waals surface area contributed by atoms with Crippen LogP contribution < -0.4 is 25.7 Å². The molecule has 0 saturated carbocycles. The number of fused-ring (bicyclic) bond motifs is 1. The summed E-state index contributed by atoms with van der Waals surface area (Å²) in [7, 11) is 1.55. The van der Waals surface area contributed by atoms with E-state index in [4.69, 9.17) is 9.47 Å². The van der Waals surface area contributed by atoms with E-state index >= 15 is 0 Å². The average Bonchev–Trinajstić information content (AvgIpc) is 2.89. The second-order valence-electron chi connectivity index (χ2n) is 7.47. The normalized spacial score (nSPS) is 10.6. The Bertz CT molecular complexity index is 1430. The number of nitrogens with zero attached hydrogens (tertiary/aromatic N) is 2. The largest absolute Gasteiger partial charge is 0.497 e. The number of methoxy groups -OCH3 is 1. The van der Waals surface area contributed by atoms with Crippen LogP contribution in [0.2, 0.25) is 0 Å². The number of hydrogen-bond acceptors (Lipinski definition) is 6. The minimum Gasteiger partial charge on any atom is -0.497 e. The Morgan fingerprint density at radius 1 is 0.943 bits per heavy atom. The summed E-state index contributed by atoms with van der Waals surface area (Å²) in [5, 5.41) is 10.4. The van der Waals surface area contributed by atoms with Gasteiger partial charge in [0.05, 0.1) is 37.0 Å². The third kappa shape index (κ3) is 5.14. The zero-order valence-corrected chi connectivity index (χ0v) is 19.3. The first kappa shape index (κ1) is 23.5. The fraction of sp³-hybridized carbons (Fsp3) is 0.154. The average molecular weight is 473 g/mol. The zero-order valence-electron chi connectivity index (χ0n) is 19.3. The lowest BCUT2D eigenvalue weighted by atomic mass is 10.1. The number of carbonyl (C=O) groups excluding carboxylic acids is 2. The molecule has 4 rings (SSSR count). The monoisotopic (exact) mass is 472 g/mol. The molecule has 0 aliphatic heterocycles. The van der Waals surface area contributed by atoms with Gasteiger partial charge in [-0.1, -0.05) is 30.3 Å². The number of para-hydroxylation sites is 2. The van der Waals surface area contributed by atoms with Gasteiger partial charge in [0.2, 0.25) is 5.91 Å². The van der Waals surface area contributed by atoms with E-state index < -0.39 is 11.8 Å². The van der Waals surface area contributed by atoms with Crippen LogP contribution >= 0.6 is 0 Å². The van der Waals surface area contributed by atoms with E-state index in [1.54, 1.807) is 79.9 Å². The SMILES string of the molecule is CCOc1ccccc1NC(=O)CNC(=O)c1nn(-c2ccc(OC)cc2)c(=O)c2ccccc12. The van der Waals surface area contributed by atoms with Crippen molar-refractivity contribution in [1.82, 2.24) is 15.1 Å². The number of benzene rings is 3. The van der Waals surface area contributed by atoms with Gasteiger partial charge in [-0.25, -0.2) is 0 Å². The molecule has 1 aromatic heterocycles. The fourth-order valence-electron chi connectivity index (χ4n) is 3.55. The van der Waals surface area contributed by atoms with Gasteiger partial charge >= 0.3 is 0 Å². The van der Waals surface area contributed by atoms with Gasteiger partial charge < -0.3 is 20.1 Å². The van der Waals surface area contributed by atoms with Gasteiger partial charge in [-0.05, 0) is 49.4 Å². The van der Waals surface area contributed by atoms with Crippen molar-refractivity contribution in [2.24, 2.45) is 0 Å². The topological polar surface area (TPSA) is 112 Å². The first-order chi connectivity index (χ1) is 17.0. The molecule has 2 amide bonds. The Morgan fingerprint density at radius 3 is 2.34 bits per heavy atom. The second kappa shape index (κ2) is 10.5. The summed E-state index contributed by atoms with van der Waals surface area (Å²) in [6, 6.07) is 20.5. The van der Waals surface area contributed by atoms with Crippen LogP contribution in [0.5, 0.6) is 11.5 Å². The minimum absolute atomic E-state index is 0.0264. The first-order valence-corrected chi connectivity index (χ1v) is 11.0. The predicted molar refractivity (Wildman–Crippen MR) is 132 cm³/mol. The molecule has 0 saturated heterocycles. The van der Waals surface area contributed by atoms with E-state index in [1.165, 1.54) is 0 Å². The van der Waals surface area contributed by atoms with E-state index in [2.05, 4.69) is 15.7 Å². The quantitative estimate of drug-likeness (QED) is 0.408. The molecule has 3 aromatic carbocycles. The fourth-order valence-corrected chi connectivity index (χ4v) is 3.55. The van der Waals surface area contributed by atoms with E-state index in [1.807, 2.05) is 6.92 Å². The van der Waals surface area contributed by atoms with Crippen molar-refractivity contribution in [2.75, 3.05) is 25.6 Å². The molecule has 0 fully saturated rings. The van der Waals surface area contributed by atoms with Crippen LogP contribution in [-0.4, -0.2) is 41.9 Å². The summed E-state index contributed by atoms with van der Waals surface area (Å²) < 4.78 is 11.8. The highest BCUT2D eigenvalue weighted by atomic mass is 16.5. The van der Waals surface area contributed by atoms with Crippen LogP contribution in [0.1, 0.15) is 17.4 Å². The van der Waals surface area contributed by atoms with Gasteiger partial charge in [-0.3, -0.25) is 14.4 Å². The standard InChI is InChI=1S/C26H24N4O5/c1-3-35-22-11-7-6-10-21(22)28-23(31)16-27-25(32)24-19-8-4-5-9-20(19)26(33)30(29-24)17-12-14-18(34-2)15-13-17/h4-15H,3,16H2,1-2H3,(H,27,32)(H,28,31). The van der Waals surface area contributed by atoms with E-state index in [-0.39, 0.29) is 17.8 Å². The number of hydrogen-bond donors (Lipinski definition) is 2. The van der Waals surface area contributed by atoms with Gasteiger partial charge in [0, 0.05) is 5.39 Å². The summed E-state index contributed by atoms with van der Waals surface area (Å²) >= 11 is 0.